The summed E-state index contributed by atoms with van der Waals surface area (Å²) in [7, 11) is 2.83. The smallest absolute Gasteiger partial charge is 0.337 e. The maximum atomic E-state index is 10.8. The van der Waals surface area contributed by atoms with Crippen LogP contribution in [0.5, 0.6) is 11.5 Å². The fourth-order valence-corrected chi connectivity index (χ4v) is 1.97. The minimum atomic E-state index is -1.69. The van der Waals surface area contributed by atoms with Gasteiger partial charge in [-0.25, -0.2) is 4.79 Å². The molecule has 0 saturated carbocycles. The molecule has 1 aromatic carbocycles. The summed E-state index contributed by atoms with van der Waals surface area (Å²) >= 11 is 6.01. The molecule has 6 heteroatoms. The molecule has 17 heavy (non-hydrogen) atoms. The molecule has 1 unspecified atom stereocenters. The number of hydrogen-bond acceptors (Lipinski definition) is 4. The predicted molar refractivity (Wildman–Crippen MR) is 61.9 cm³/mol. The molecule has 5 nitrogen and oxygen atoms in total. The molecule has 0 fully saturated rings. The number of carboxylic acids is 1. The molecule has 1 atom stereocenters. The standard InChI is InChI=1S/C11H13ClO5/c1-5-4-6(16-2)10(17-3)8(12)7(5)9(13)11(14)15/h4,9,13H,1-3H3,(H,14,15). The number of aliphatic carboxylic acids is 1. The van der Waals surface area contributed by atoms with Crippen LogP contribution < -0.4 is 9.47 Å². The SMILES string of the molecule is COc1cc(C)c(C(O)C(=O)O)c(Cl)c1OC. The molecule has 0 aliphatic rings. The molecule has 0 spiro atoms. The molecule has 2 N–H and O–H groups in total. The van der Waals surface area contributed by atoms with Crippen molar-refractivity contribution >= 4 is 17.6 Å². The molecular weight excluding hydrogens is 248 g/mol. The highest BCUT2D eigenvalue weighted by molar-refractivity contribution is 6.33. The Hall–Kier alpha value is -1.46. The highest BCUT2D eigenvalue weighted by Crippen LogP contribution is 2.41. The van der Waals surface area contributed by atoms with Crippen molar-refractivity contribution in [2.45, 2.75) is 13.0 Å². The number of rotatable bonds is 4. The van der Waals surface area contributed by atoms with Crippen molar-refractivity contribution in [2.24, 2.45) is 0 Å². The lowest BCUT2D eigenvalue weighted by Crippen LogP contribution is -2.13. The van der Waals surface area contributed by atoms with E-state index in [0.717, 1.165) is 0 Å². The molecule has 0 heterocycles. The molecule has 1 aromatic rings. The van der Waals surface area contributed by atoms with E-state index in [1.165, 1.54) is 14.2 Å². The van der Waals surface area contributed by atoms with Crippen molar-refractivity contribution in [1.82, 2.24) is 0 Å². The second kappa shape index (κ2) is 5.25. The van der Waals surface area contributed by atoms with Crippen LogP contribution in [0, 0.1) is 6.92 Å². The van der Waals surface area contributed by atoms with Gasteiger partial charge in [0.15, 0.2) is 17.6 Å². The largest absolute Gasteiger partial charge is 0.493 e. The van der Waals surface area contributed by atoms with Gasteiger partial charge in [-0.2, -0.15) is 0 Å². The monoisotopic (exact) mass is 260 g/mol. The third kappa shape index (κ3) is 2.45. The van der Waals surface area contributed by atoms with Gasteiger partial charge in [-0.15, -0.1) is 0 Å². The normalized spacial score (nSPS) is 12.1. The van der Waals surface area contributed by atoms with E-state index < -0.39 is 12.1 Å². The van der Waals surface area contributed by atoms with Crippen LogP contribution in [0.4, 0.5) is 0 Å². The van der Waals surface area contributed by atoms with E-state index in [2.05, 4.69) is 0 Å². The van der Waals surface area contributed by atoms with Crippen molar-refractivity contribution in [3.05, 3.63) is 22.2 Å². The number of hydrogen-bond donors (Lipinski definition) is 2. The van der Waals surface area contributed by atoms with Gasteiger partial charge in [-0.3, -0.25) is 0 Å². The Balaban J connectivity index is 3.47. The lowest BCUT2D eigenvalue weighted by Gasteiger charge is -2.17. The average Bonchev–Trinajstić information content (AvgIpc) is 2.27. The number of methoxy groups -OCH3 is 2. The van der Waals surface area contributed by atoms with Crippen molar-refractivity contribution in [2.75, 3.05) is 14.2 Å². The molecule has 0 saturated heterocycles. The van der Waals surface area contributed by atoms with Crippen molar-refractivity contribution < 1.29 is 24.5 Å². The minimum absolute atomic E-state index is 0.0410. The zero-order chi connectivity index (χ0) is 13.2. The number of carboxylic acid groups (broad SMARTS) is 1. The topological polar surface area (TPSA) is 76.0 Å². The highest BCUT2D eigenvalue weighted by atomic mass is 35.5. The Morgan fingerprint density at radius 1 is 1.41 bits per heavy atom. The Bertz CT molecular complexity index is 444. The summed E-state index contributed by atoms with van der Waals surface area (Å²) < 4.78 is 10.1. The summed E-state index contributed by atoms with van der Waals surface area (Å²) in [5.74, 6) is -0.784. The van der Waals surface area contributed by atoms with Gasteiger partial charge in [-0.05, 0) is 18.6 Å². The molecule has 1 rings (SSSR count). The van der Waals surface area contributed by atoms with E-state index in [0.29, 0.717) is 11.3 Å². The molecule has 94 valence electrons. The summed E-state index contributed by atoms with van der Waals surface area (Å²) in [4.78, 5) is 10.8. The Kier molecular flexibility index (Phi) is 4.20. The van der Waals surface area contributed by atoms with Gasteiger partial charge in [0, 0.05) is 5.56 Å². The second-order valence-electron chi connectivity index (χ2n) is 3.40. The van der Waals surface area contributed by atoms with Crippen LogP contribution in [0.25, 0.3) is 0 Å². The minimum Gasteiger partial charge on any atom is -0.493 e. The van der Waals surface area contributed by atoms with Crippen LogP contribution in [0.15, 0.2) is 6.07 Å². The first-order valence-electron chi connectivity index (χ1n) is 4.75. The van der Waals surface area contributed by atoms with Gasteiger partial charge in [-0.1, -0.05) is 11.6 Å². The van der Waals surface area contributed by atoms with Crippen molar-refractivity contribution in [3.8, 4) is 11.5 Å². The zero-order valence-electron chi connectivity index (χ0n) is 9.65. The van der Waals surface area contributed by atoms with E-state index in [9.17, 15) is 9.90 Å². The van der Waals surface area contributed by atoms with Gasteiger partial charge in [0.2, 0.25) is 0 Å². The molecule has 0 amide bonds. The second-order valence-corrected chi connectivity index (χ2v) is 3.78. The van der Waals surface area contributed by atoms with Gasteiger partial charge in [0.25, 0.3) is 0 Å². The third-order valence-corrected chi connectivity index (χ3v) is 2.74. The third-order valence-electron chi connectivity index (χ3n) is 2.36. The lowest BCUT2D eigenvalue weighted by molar-refractivity contribution is -0.147. The van der Waals surface area contributed by atoms with Crippen LogP contribution in [-0.4, -0.2) is 30.4 Å². The van der Waals surface area contributed by atoms with E-state index in [4.69, 9.17) is 26.2 Å². The number of halogens is 1. The Morgan fingerprint density at radius 3 is 2.41 bits per heavy atom. The summed E-state index contributed by atoms with van der Waals surface area (Å²) in [6.45, 7) is 1.63. The van der Waals surface area contributed by atoms with Crippen molar-refractivity contribution in [1.29, 1.82) is 0 Å². The highest BCUT2D eigenvalue weighted by Gasteiger charge is 2.25. The maximum absolute atomic E-state index is 10.8. The zero-order valence-corrected chi connectivity index (χ0v) is 10.4. The van der Waals surface area contributed by atoms with Crippen molar-refractivity contribution in [3.63, 3.8) is 0 Å². The molecule has 0 bridgehead atoms. The fourth-order valence-electron chi connectivity index (χ4n) is 1.54. The van der Waals surface area contributed by atoms with Crippen LogP contribution in [0.3, 0.4) is 0 Å². The maximum Gasteiger partial charge on any atom is 0.337 e. The molecule has 0 aliphatic carbocycles. The Labute approximate surface area is 104 Å². The first-order chi connectivity index (χ1) is 7.93. The number of aliphatic hydroxyl groups excluding tert-OH is 1. The number of carbonyl (C=O) groups is 1. The van der Waals surface area contributed by atoms with Crippen LogP contribution in [0.1, 0.15) is 17.2 Å². The summed E-state index contributed by atoms with van der Waals surface area (Å²) in [5, 5.41) is 18.4. The lowest BCUT2D eigenvalue weighted by atomic mass is 10.0. The molecule has 0 radical (unpaired) electrons. The average molecular weight is 261 g/mol. The fraction of sp³-hybridized carbons (Fsp3) is 0.364. The Morgan fingerprint density at radius 2 is 2.00 bits per heavy atom. The van der Waals surface area contributed by atoms with Crippen LogP contribution >= 0.6 is 11.6 Å². The molecule has 0 aliphatic heterocycles. The first-order valence-corrected chi connectivity index (χ1v) is 5.13. The van der Waals surface area contributed by atoms with Gasteiger partial charge in [0.1, 0.15) is 0 Å². The number of aliphatic hydroxyl groups is 1. The first kappa shape index (κ1) is 13.6. The molecular formula is C11H13ClO5. The van der Waals surface area contributed by atoms with Gasteiger partial charge >= 0.3 is 5.97 Å². The van der Waals surface area contributed by atoms with Crippen LogP contribution in [-0.2, 0) is 4.79 Å². The summed E-state index contributed by atoms with van der Waals surface area (Å²) in [6.07, 6.45) is -1.69. The number of aryl methyl sites for hydroxylation is 1. The summed E-state index contributed by atoms with van der Waals surface area (Å²) in [5.41, 5.74) is 0.624. The number of benzene rings is 1. The quantitative estimate of drug-likeness (QED) is 0.863. The molecule has 0 aromatic heterocycles. The van der Waals surface area contributed by atoms with E-state index >= 15 is 0 Å². The van der Waals surface area contributed by atoms with Crippen LogP contribution in [0.2, 0.25) is 5.02 Å². The van der Waals surface area contributed by atoms with Gasteiger partial charge < -0.3 is 19.7 Å². The predicted octanol–water partition coefficient (Wildman–Crippen LogP) is 1.78. The van der Waals surface area contributed by atoms with E-state index in [1.807, 2.05) is 0 Å². The number of ether oxygens (including phenoxy) is 2. The van der Waals surface area contributed by atoms with Gasteiger partial charge in [0.05, 0.1) is 19.2 Å². The van der Waals surface area contributed by atoms with E-state index in [-0.39, 0.29) is 16.3 Å². The summed E-state index contributed by atoms with van der Waals surface area (Å²) in [6, 6.07) is 1.56. The van der Waals surface area contributed by atoms with E-state index in [1.54, 1.807) is 13.0 Å².